The maximum absolute atomic E-state index is 14.2. The van der Waals surface area contributed by atoms with Crippen molar-refractivity contribution in [3.8, 4) is 5.75 Å². The van der Waals surface area contributed by atoms with Crippen LogP contribution in [0.25, 0.3) is 0 Å². The standard InChI is InChI=1S/C31H30N6O5S2.ClH.Cu.4H2O/c1-24-18-29(43(39,40)36(20-25-10-2-6-14-32-25)21-26-11-3-7-15-33-26)31(38)30(19-24)44(41,42)37(22-27-12-4-8-16-34-27)23-28-13-5-9-17-35-28;;;;;;/h2-19,38H,20-23H2,1H3;1H;;4*1H2. The second kappa shape index (κ2) is 21.3. The van der Waals surface area contributed by atoms with Crippen molar-refractivity contribution in [2.45, 2.75) is 42.9 Å². The maximum atomic E-state index is 14.2. The largest absolute Gasteiger partial charge is 1.00 e. The van der Waals surface area contributed by atoms with Gasteiger partial charge in [0.15, 0.2) is 0 Å². The number of benzene rings is 1. The topological polar surface area (TPSA) is 278 Å². The summed E-state index contributed by atoms with van der Waals surface area (Å²) < 4.78 is 58.9. The monoisotopic (exact) mass is 801 g/mol. The summed E-state index contributed by atoms with van der Waals surface area (Å²) in [4.78, 5) is 15.7. The van der Waals surface area contributed by atoms with Gasteiger partial charge < -0.3 is 39.4 Å². The molecule has 5 aromatic rings. The Balaban J connectivity index is 0. The Morgan fingerprint density at radius 2 is 0.820 bits per heavy atom. The van der Waals surface area contributed by atoms with E-state index in [9.17, 15) is 21.9 Å². The average Bonchev–Trinajstić information content (AvgIpc) is 3.03. The van der Waals surface area contributed by atoms with E-state index in [2.05, 4.69) is 19.9 Å². The fraction of sp³-hybridized carbons (Fsp3) is 0.161. The van der Waals surface area contributed by atoms with Gasteiger partial charge in [0.25, 0.3) is 0 Å². The zero-order chi connectivity index (χ0) is 31.2. The third-order valence-corrected chi connectivity index (χ3v) is 10.3. The Morgan fingerprint density at radius 3 is 1.04 bits per heavy atom. The van der Waals surface area contributed by atoms with Crippen LogP contribution in [0, 0.1) is 6.92 Å². The number of rotatable bonds is 12. The first-order valence-electron chi connectivity index (χ1n) is 13.6. The molecule has 0 amide bonds. The molecule has 0 saturated heterocycles. The molecule has 0 fully saturated rings. The van der Waals surface area contributed by atoms with Gasteiger partial charge in [-0.25, -0.2) is 16.8 Å². The molecule has 277 valence electrons. The van der Waals surface area contributed by atoms with Crippen LogP contribution >= 0.6 is 0 Å². The SMILES string of the molecule is Cc1cc(S(=O)(=O)N(Cc2ccccn2)Cc2ccccn2)c([O-])c(S(=O)(=O)N(Cc2ccccn2)Cc2ccccn2)c1.O.O.[Cl-].[Cu].[OH3+].[OH3+]. The van der Waals surface area contributed by atoms with Crippen LogP contribution in [0.5, 0.6) is 5.75 Å². The Hall–Kier alpha value is -3.91. The van der Waals surface area contributed by atoms with E-state index in [1.807, 2.05) is 0 Å². The fourth-order valence-corrected chi connectivity index (χ4v) is 7.70. The van der Waals surface area contributed by atoms with Crippen molar-refractivity contribution in [3.05, 3.63) is 138 Å². The first-order valence-corrected chi connectivity index (χ1v) is 16.4. The van der Waals surface area contributed by atoms with E-state index in [-0.39, 0.29) is 83.1 Å². The van der Waals surface area contributed by atoms with Crippen LogP contribution in [-0.4, -0.2) is 56.3 Å². The van der Waals surface area contributed by atoms with Crippen molar-refractivity contribution in [1.82, 2.24) is 28.5 Å². The van der Waals surface area contributed by atoms with Crippen molar-refractivity contribution < 1.29 is 73.3 Å². The van der Waals surface area contributed by atoms with Gasteiger partial charge in [-0.2, -0.15) is 8.61 Å². The van der Waals surface area contributed by atoms with Gasteiger partial charge in [0, 0.05) is 41.9 Å². The van der Waals surface area contributed by atoms with Gasteiger partial charge in [-0.05, 0) is 73.2 Å². The molecule has 1 aromatic carbocycles. The smallest absolute Gasteiger partial charge is 0.243 e. The number of hydrogen-bond acceptors (Lipinski definition) is 9. The Labute approximate surface area is 307 Å². The summed E-state index contributed by atoms with van der Waals surface area (Å²) in [5.74, 6) is -1.13. The normalized spacial score (nSPS) is 10.6. The van der Waals surface area contributed by atoms with Gasteiger partial charge in [0.05, 0.1) is 58.7 Å². The van der Waals surface area contributed by atoms with E-state index < -0.39 is 35.6 Å². The van der Waals surface area contributed by atoms with Crippen molar-refractivity contribution >= 4 is 20.0 Å². The number of aryl methyl sites for hydroxylation is 1. The van der Waals surface area contributed by atoms with Crippen molar-refractivity contribution in [3.63, 3.8) is 0 Å². The predicted molar refractivity (Wildman–Crippen MR) is 177 cm³/mol. The third-order valence-electron chi connectivity index (χ3n) is 6.66. The molecule has 1 radical (unpaired) electrons. The van der Waals surface area contributed by atoms with E-state index in [1.54, 1.807) is 79.7 Å². The van der Waals surface area contributed by atoms with Crippen LogP contribution in [-0.2, 0) is 74.2 Å². The van der Waals surface area contributed by atoms with Crippen LogP contribution in [0.4, 0.5) is 0 Å². The molecule has 15 nitrogen and oxygen atoms in total. The second-order valence-electron chi connectivity index (χ2n) is 9.92. The fourth-order valence-electron chi connectivity index (χ4n) is 4.51. The molecule has 0 aliphatic rings. The summed E-state index contributed by atoms with van der Waals surface area (Å²) in [5.41, 5.74) is 2.05. The Morgan fingerprint density at radius 1 is 0.560 bits per heavy atom. The average molecular weight is 803 g/mol. The van der Waals surface area contributed by atoms with Gasteiger partial charge >= 0.3 is 0 Å². The van der Waals surface area contributed by atoms with E-state index >= 15 is 0 Å². The number of halogens is 1. The number of hydrogen-bond donors (Lipinski definition) is 0. The first-order chi connectivity index (χ1) is 21.1. The molecule has 0 saturated carbocycles. The van der Waals surface area contributed by atoms with Gasteiger partial charge in [0.1, 0.15) is 0 Å². The van der Waals surface area contributed by atoms with Crippen LogP contribution in [0.15, 0.2) is 120 Å². The molecule has 4 heterocycles. The molecule has 4 aromatic heterocycles. The predicted octanol–water partition coefficient (Wildman–Crippen LogP) is -3.06. The van der Waals surface area contributed by atoms with Crippen LogP contribution in [0.3, 0.4) is 0 Å². The zero-order valence-electron chi connectivity index (χ0n) is 26.6. The van der Waals surface area contributed by atoms with E-state index in [0.717, 1.165) is 8.61 Å². The number of pyridine rings is 4. The number of sulfonamides is 2. The number of nitrogens with zero attached hydrogens (tertiary/aromatic N) is 6. The third kappa shape index (κ3) is 11.6. The Bertz CT molecular complexity index is 1720. The molecule has 0 unspecified atom stereocenters. The minimum atomic E-state index is -4.54. The summed E-state index contributed by atoms with van der Waals surface area (Å²) in [6.45, 7) is 0.879. The van der Waals surface area contributed by atoms with Crippen LogP contribution in [0.1, 0.15) is 28.3 Å². The summed E-state index contributed by atoms with van der Waals surface area (Å²) in [5, 5.41) is 14.0. The molecule has 0 spiro atoms. The van der Waals surface area contributed by atoms with E-state index in [4.69, 9.17) is 0 Å². The van der Waals surface area contributed by atoms with Crippen LogP contribution < -0.4 is 17.5 Å². The van der Waals surface area contributed by atoms with Crippen molar-refractivity contribution in [2.24, 2.45) is 0 Å². The van der Waals surface area contributed by atoms with E-state index in [1.165, 1.54) is 36.9 Å². The van der Waals surface area contributed by atoms with Gasteiger partial charge in [-0.15, -0.1) is 0 Å². The minimum Gasteiger partial charge on any atom is -1.00 e. The summed E-state index contributed by atoms with van der Waals surface area (Å²) >= 11 is 0. The maximum Gasteiger partial charge on any atom is 0.243 e. The van der Waals surface area contributed by atoms with Crippen molar-refractivity contribution in [1.29, 1.82) is 0 Å². The molecule has 0 atom stereocenters. The molecule has 10 N–H and O–H groups in total. The van der Waals surface area contributed by atoms with Gasteiger partial charge in [0.2, 0.25) is 20.0 Å². The molecule has 5 rings (SSSR count). The quantitative estimate of drug-likeness (QED) is 0.0913. The molecular formula is C31H39ClCuN6O9S2. The Kier molecular flexibility index (Phi) is 20.6. The molecule has 0 aliphatic carbocycles. The van der Waals surface area contributed by atoms with Gasteiger partial charge in [-0.1, -0.05) is 30.0 Å². The van der Waals surface area contributed by atoms with Crippen LogP contribution in [0.2, 0.25) is 0 Å². The molecule has 0 bridgehead atoms. The first kappa shape index (κ1) is 48.2. The zero-order valence-corrected chi connectivity index (χ0v) is 29.9. The molecule has 19 heteroatoms. The summed E-state index contributed by atoms with van der Waals surface area (Å²) in [7, 11) is -9.09. The second-order valence-corrected chi connectivity index (χ2v) is 13.7. The van der Waals surface area contributed by atoms with Gasteiger partial charge in [-0.3, -0.25) is 19.9 Å². The molecular weight excluding hydrogens is 764 g/mol. The summed E-state index contributed by atoms with van der Waals surface area (Å²) in [6.07, 6.45) is 6.15. The molecule has 50 heavy (non-hydrogen) atoms. The number of aromatic nitrogens is 4. The minimum absolute atomic E-state index is 0. The van der Waals surface area contributed by atoms with E-state index in [0.29, 0.717) is 22.8 Å². The summed E-state index contributed by atoms with van der Waals surface area (Å²) in [6, 6.07) is 22.8. The molecule has 0 aliphatic heterocycles. The van der Waals surface area contributed by atoms with Crippen molar-refractivity contribution in [2.75, 3.05) is 0 Å².